The van der Waals surface area contributed by atoms with Crippen LogP contribution in [0.5, 0.6) is 0 Å². The van der Waals surface area contributed by atoms with Crippen LogP contribution in [0.25, 0.3) is 11.3 Å². The number of hydrogen-bond acceptors (Lipinski definition) is 7. The number of carbonyl (C=O) groups excluding carboxylic acids is 1. The molecular formula is C23H32FN5O2S. The summed E-state index contributed by atoms with van der Waals surface area (Å²) in [4.78, 5) is 27.4. The van der Waals surface area contributed by atoms with E-state index < -0.39 is 0 Å². The van der Waals surface area contributed by atoms with Crippen molar-refractivity contribution in [3.05, 3.63) is 29.0 Å². The summed E-state index contributed by atoms with van der Waals surface area (Å²) >= 11 is 1.50. The number of aromatic nitrogens is 2. The van der Waals surface area contributed by atoms with Crippen molar-refractivity contribution in [2.24, 2.45) is 5.41 Å². The van der Waals surface area contributed by atoms with Gasteiger partial charge in [-0.1, -0.05) is 7.43 Å². The molecular weight excluding hydrogens is 429 g/mol. The van der Waals surface area contributed by atoms with Gasteiger partial charge < -0.3 is 14.5 Å². The second kappa shape index (κ2) is 9.31. The zero-order valence-corrected chi connectivity index (χ0v) is 18.6. The van der Waals surface area contributed by atoms with Crippen molar-refractivity contribution < 1.29 is 13.9 Å². The third-order valence-electron chi connectivity index (χ3n) is 6.93. The smallest absolute Gasteiger partial charge is 0.409 e. The van der Waals surface area contributed by atoms with Crippen LogP contribution in [-0.2, 0) is 4.74 Å². The molecule has 1 aliphatic carbocycles. The van der Waals surface area contributed by atoms with Crippen LogP contribution in [0.15, 0.2) is 23.2 Å². The standard InChI is InChI=1S/C22H28FN5O2S.CH4/c1-2-30-21(29)28-13-22(14-28)4-3-17(10-22)26-5-7-27(8-6-26)20-18(9-16(23)11-24-20)19-12-31-15-25-19;/h9,11-12,15,17H,2-8,10,13-14H2,1H3;1H4. The molecule has 2 aromatic rings. The largest absolute Gasteiger partial charge is 0.450 e. The van der Waals surface area contributed by atoms with E-state index in [1.807, 2.05) is 17.2 Å². The minimum absolute atomic E-state index is 0. The van der Waals surface area contributed by atoms with Gasteiger partial charge >= 0.3 is 6.09 Å². The summed E-state index contributed by atoms with van der Waals surface area (Å²) in [5.74, 6) is 0.484. The van der Waals surface area contributed by atoms with Crippen LogP contribution in [-0.4, -0.2) is 77.8 Å². The molecule has 0 aromatic carbocycles. The van der Waals surface area contributed by atoms with Gasteiger partial charge in [0.05, 0.1) is 24.0 Å². The van der Waals surface area contributed by atoms with E-state index in [9.17, 15) is 9.18 Å². The number of likely N-dealkylation sites (tertiary alicyclic amines) is 1. The number of carbonyl (C=O) groups is 1. The summed E-state index contributed by atoms with van der Waals surface area (Å²) < 4.78 is 19.0. The Bertz CT molecular complexity index is 926. The monoisotopic (exact) mass is 461 g/mol. The molecule has 0 bridgehead atoms. The molecule has 5 rings (SSSR count). The Morgan fingerprint density at radius 3 is 2.75 bits per heavy atom. The maximum Gasteiger partial charge on any atom is 0.409 e. The number of amides is 1. The van der Waals surface area contributed by atoms with Crippen LogP contribution in [0.1, 0.15) is 33.6 Å². The number of ether oxygens (including phenoxy) is 1. The second-order valence-electron chi connectivity index (χ2n) is 8.87. The van der Waals surface area contributed by atoms with Crippen LogP contribution in [0.2, 0.25) is 0 Å². The Kier molecular flexibility index (Phi) is 6.67. The minimum Gasteiger partial charge on any atom is -0.450 e. The van der Waals surface area contributed by atoms with Crippen molar-refractivity contribution in [1.29, 1.82) is 0 Å². The summed E-state index contributed by atoms with van der Waals surface area (Å²) in [5.41, 5.74) is 3.60. The van der Waals surface area contributed by atoms with Gasteiger partial charge in [-0.25, -0.2) is 19.2 Å². The number of halogens is 1. The second-order valence-corrected chi connectivity index (χ2v) is 9.59. The van der Waals surface area contributed by atoms with E-state index in [0.717, 1.165) is 62.8 Å². The summed E-state index contributed by atoms with van der Waals surface area (Å²) in [6.45, 7) is 7.62. The molecule has 1 amide bonds. The molecule has 0 radical (unpaired) electrons. The number of nitrogens with zero attached hydrogens (tertiary/aromatic N) is 5. The molecule has 2 aliphatic heterocycles. The fraction of sp³-hybridized carbons (Fsp3) is 0.609. The van der Waals surface area contributed by atoms with E-state index >= 15 is 0 Å². The highest BCUT2D eigenvalue weighted by Crippen LogP contribution is 2.47. The first-order chi connectivity index (χ1) is 15.1. The van der Waals surface area contributed by atoms with Gasteiger partial charge in [0.2, 0.25) is 0 Å². The molecule has 4 heterocycles. The normalized spacial score (nSPS) is 22.5. The van der Waals surface area contributed by atoms with Crippen LogP contribution in [0.4, 0.5) is 15.0 Å². The first-order valence-electron chi connectivity index (χ1n) is 11.0. The highest BCUT2D eigenvalue weighted by atomic mass is 32.1. The van der Waals surface area contributed by atoms with Crippen molar-refractivity contribution in [2.75, 3.05) is 50.8 Å². The lowest BCUT2D eigenvalue weighted by molar-refractivity contribution is -0.00294. The van der Waals surface area contributed by atoms with Gasteiger partial charge in [0, 0.05) is 61.7 Å². The molecule has 1 atom stereocenters. The number of piperazine rings is 1. The Morgan fingerprint density at radius 1 is 1.28 bits per heavy atom. The number of hydrogen-bond donors (Lipinski definition) is 0. The maximum absolute atomic E-state index is 13.9. The van der Waals surface area contributed by atoms with E-state index in [2.05, 4.69) is 19.8 Å². The summed E-state index contributed by atoms with van der Waals surface area (Å²) in [7, 11) is 0. The Balaban J connectivity index is 0.00000245. The lowest BCUT2D eigenvalue weighted by Gasteiger charge is -2.48. The van der Waals surface area contributed by atoms with Crippen LogP contribution >= 0.6 is 11.3 Å². The Labute approximate surface area is 193 Å². The highest BCUT2D eigenvalue weighted by Gasteiger charge is 2.51. The van der Waals surface area contributed by atoms with Crippen molar-refractivity contribution in [3.63, 3.8) is 0 Å². The van der Waals surface area contributed by atoms with Crippen molar-refractivity contribution in [2.45, 2.75) is 39.7 Å². The molecule has 1 saturated carbocycles. The third kappa shape index (κ3) is 4.32. The number of thiazole rings is 1. The fourth-order valence-corrected chi connectivity index (χ4v) is 5.95. The average molecular weight is 462 g/mol. The van der Waals surface area contributed by atoms with Gasteiger partial charge in [-0.05, 0) is 32.3 Å². The summed E-state index contributed by atoms with van der Waals surface area (Å²) in [6, 6.07) is 2.11. The molecule has 0 N–H and O–H groups in total. The van der Waals surface area contributed by atoms with Gasteiger partial charge in [-0.15, -0.1) is 11.3 Å². The lowest BCUT2D eigenvalue weighted by atomic mass is 9.78. The predicted molar refractivity (Wildman–Crippen MR) is 124 cm³/mol. The van der Waals surface area contributed by atoms with E-state index in [0.29, 0.717) is 12.6 Å². The highest BCUT2D eigenvalue weighted by molar-refractivity contribution is 7.07. The molecule has 7 nitrogen and oxygen atoms in total. The van der Waals surface area contributed by atoms with Crippen molar-refractivity contribution in [3.8, 4) is 11.3 Å². The van der Waals surface area contributed by atoms with Crippen molar-refractivity contribution in [1.82, 2.24) is 19.8 Å². The molecule has 1 unspecified atom stereocenters. The van der Waals surface area contributed by atoms with Gasteiger partial charge in [-0.3, -0.25) is 4.90 Å². The Hall–Kier alpha value is -2.26. The lowest BCUT2D eigenvalue weighted by Crippen LogP contribution is -2.58. The average Bonchev–Trinajstić information content (AvgIpc) is 3.43. The first-order valence-corrected chi connectivity index (χ1v) is 12.0. The van der Waals surface area contributed by atoms with E-state index in [4.69, 9.17) is 4.74 Å². The molecule has 3 fully saturated rings. The number of rotatable bonds is 4. The van der Waals surface area contributed by atoms with Crippen LogP contribution < -0.4 is 4.90 Å². The summed E-state index contributed by atoms with van der Waals surface area (Å²) in [5, 5.41) is 1.94. The van der Waals surface area contributed by atoms with E-state index in [1.165, 1.54) is 36.4 Å². The predicted octanol–water partition coefficient (Wildman–Crippen LogP) is 4.11. The quantitative estimate of drug-likeness (QED) is 0.683. The first kappa shape index (κ1) is 22.9. The zero-order chi connectivity index (χ0) is 21.4. The third-order valence-corrected chi connectivity index (χ3v) is 7.51. The number of anilines is 1. The maximum atomic E-state index is 13.9. The molecule has 9 heteroatoms. The van der Waals surface area contributed by atoms with Crippen LogP contribution in [0, 0.1) is 11.2 Å². The fourth-order valence-electron chi connectivity index (χ4n) is 5.40. The van der Waals surface area contributed by atoms with Gasteiger partial charge in [-0.2, -0.15) is 0 Å². The number of pyridine rings is 1. The minimum atomic E-state index is -0.334. The van der Waals surface area contributed by atoms with Gasteiger partial charge in [0.25, 0.3) is 0 Å². The van der Waals surface area contributed by atoms with Gasteiger partial charge in [0.15, 0.2) is 0 Å². The molecule has 32 heavy (non-hydrogen) atoms. The van der Waals surface area contributed by atoms with E-state index in [1.54, 1.807) is 5.51 Å². The SMILES string of the molecule is C.CCOC(=O)N1CC2(CCC(N3CCN(c4ncc(F)cc4-c4cscn4)CC3)C2)C1. The molecule has 3 aliphatic rings. The molecule has 2 aromatic heterocycles. The molecule has 174 valence electrons. The Morgan fingerprint density at radius 2 is 2.06 bits per heavy atom. The molecule has 1 spiro atoms. The van der Waals surface area contributed by atoms with Crippen molar-refractivity contribution >= 4 is 23.2 Å². The van der Waals surface area contributed by atoms with E-state index in [-0.39, 0.29) is 24.8 Å². The molecule has 2 saturated heterocycles. The summed E-state index contributed by atoms with van der Waals surface area (Å²) in [6.07, 6.45) is 4.65. The van der Waals surface area contributed by atoms with Gasteiger partial charge in [0.1, 0.15) is 11.6 Å². The zero-order valence-electron chi connectivity index (χ0n) is 17.8. The van der Waals surface area contributed by atoms with Crippen LogP contribution in [0.3, 0.4) is 0 Å². The topological polar surface area (TPSA) is 61.8 Å².